The van der Waals surface area contributed by atoms with Crippen molar-refractivity contribution in [3.05, 3.63) is 136 Å². The highest BCUT2D eigenvalue weighted by molar-refractivity contribution is 8.26. The Balaban J connectivity index is 1.33. The summed E-state index contributed by atoms with van der Waals surface area (Å²) in [7, 11) is 0. The van der Waals surface area contributed by atoms with Crippen molar-refractivity contribution >= 4 is 62.7 Å². The summed E-state index contributed by atoms with van der Waals surface area (Å²) in [6.45, 7) is 0.463. The Morgan fingerprint density at radius 2 is 1.70 bits per heavy atom. The van der Waals surface area contributed by atoms with Gasteiger partial charge in [-0.25, -0.2) is 0 Å². The molecule has 218 valence electrons. The zero-order chi connectivity index (χ0) is 30.8. The third-order valence-electron chi connectivity index (χ3n) is 7.05. The van der Waals surface area contributed by atoms with Gasteiger partial charge >= 0.3 is 6.18 Å². The van der Waals surface area contributed by atoms with E-state index in [0.717, 1.165) is 22.9 Å². The number of hydrogen-bond donors (Lipinski definition) is 2. The SMILES string of the molecule is O=C1NC(=S)SC1=Cc1ccc(CNc2cccc(-c3c(C(=O)c4ccccc4)cnc4c(C(F)(F)F)cccc34)c2)cc1. The molecule has 4 aromatic carbocycles. The van der Waals surface area contributed by atoms with Crippen molar-refractivity contribution in [2.45, 2.75) is 12.7 Å². The van der Waals surface area contributed by atoms with E-state index in [0.29, 0.717) is 32.5 Å². The molecule has 2 heterocycles. The molecule has 0 atom stereocenters. The first-order valence-corrected chi connectivity index (χ1v) is 14.7. The standard InChI is InChI=1S/C34H22F3N3O2S2/c35-34(36,37)27-11-5-10-25-29(26(19-39-30(25)27)31(41)22-6-2-1-3-7-22)23-8-4-9-24(17-23)38-18-21-14-12-20(13-15-21)16-28-32(42)40-33(43)44-28/h1-17,19,38H,18H2,(H,40,42,43). The highest BCUT2D eigenvalue weighted by atomic mass is 32.2. The summed E-state index contributed by atoms with van der Waals surface area (Å²) in [6, 6.07) is 27.4. The minimum absolute atomic E-state index is 0.208. The number of para-hydroxylation sites is 1. The summed E-state index contributed by atoms with van der Waals surface area (Å²) < 4.78 is 42.2. The van der Waals surface area contributed by atoms with Crippen LogP contribution in [0, 0.1) is 0 Å². The van der Waals surface area contributed by atoms with Crippen LogP contribution in [0.5, 0.6) is 0 Å². The lowest BCUT2D eigenvalue weighted by Gasteiger charge is -2.16. The van der Waals surface area contributed by atoms with Crippen molar-refractivity contribution in [2.75, 3.05) is 5.32 Å². The van der Waals surface area contributed by atoms with Crippen molar-refractivity contribution in [1.82, 2.24) is 10.3 Å². The summed E-state index contributed by atoms with van der Waals surface area (Å²) in [6.07, 6.45) is -1.60. The Morgan fingerprint density at radius 1 is 0.955 bits per heavy atom. The molecule has 6 rings (SSSR count). The number of benzene rings is 4. The van der Waals surface area contributed by atoms with E-state index < -0.39 is 11.7 Å². The summed E-state index contributed by atoms with van der Waals surface area (Å²) in [5.74, 6) is -0.549. The molecule has 0 saturated carbocycles. The number of thiocarbonyl (C=S) groups is 1. The zero-order valence-corrected chi connectivity index (χ0v) is 24.4. The first-order chi connectivity index (χ1) is 21.2. The molecule has 1 aromatic heterocycles. The van der Waals surface area contributed by atoms with Crippen molar-refractivity contribution < 1.29 is 22.8 Å². The van der Waals surface area contributed by atoms with Crippen LogP contribution in [-0.2, 0) is 17.5 Å². The van der Waals surface area contributed by atoms with Crippen LogP contribution < -0.4 is 10.6 Å². The monoisotopic (exact) mass is 625 g/mol. The number of fused-ring (bicyclic) bond motifs is 1. The van der Waals surface area contributed by atoms with Crippen LogP contribution in [0.3, 0.4) is 0 Å². The van der Waals surface area contributed by atoms with Gasteiger partial charge in [0.15, 0.2) is 5.78 Å². The molecule has 0 spiro atoms. The van der Waals surface area contributed by atoms with Crippen LogP contribution in [0.25, 0.3) is 28.1 Å². The summed E-state index contributed by atoms with van der Waals surface area (Å²) in [5.41, 5.74) is 3.04. The number of alkyl halides is 3. The molecule has 44 heavy (non-hydrogen) atoms. The quantitative estimate of drug-likeness (QED) is 0.108. The smallest absolute Gasteiger partial charge is 0.381 e. The molecule has 0 aliphatic carbocycles. The van der Waals surface area contributed by atoms with Crippen molar-refractivity contribution in [3.63, 3.8) is 0 Å². The molecular weight excluding hydrogens is 604 g/mol. The maximum atomic E-state index is 13.9. The van der Waals surface area contributed by atoms with Gasteiger partial charge in [0, 0.05) is 40.5 Å². The third-order valence-corrected chi connectivity index (χ3v) is 8.21. The molecule has 0 bridgehead atoms. The predicted octanol–water partition coefficient (Wildman–Crippen LogP) is 8.25. The minimum atomic E-state index is -4.61. The van der Waals surface area contributed by atoms with Gasteiger partial charge in [0.1, 0.15) is 4.32 Å². The number of thioether (sulfide) groups is 1. The van der Waals surface area contributed by atoms with Gasteiger partial charge in [0.05, 0.1) is 16.0 Å². The fourth-order valence-electron chi connectivity index (χ4n) is 4.97. The highest BCUT2D eigenvalue weighted by Crippen LogP contribution is 2.39. The Labute approximate surface area is 260 Å². The van der Waals surface area contributed by atoms with Gasteiger partial charge in [-0.1, -0.05) is 103 Å². The van der Waals surface area contributed by atoms with Crippen molar-refractivity contribution in [1.29, 1.82) is 0 Å². The van der Waals surface area contributed by atoms with Crippen LogP contribution in [0.1, 0.15) is 32.6 Å². The van der Waals surface area contributed by atoms with E-state index in [-0.39, 0.29) is 28.2 Å². The second-order valence-electron chi connectivity index (χ2n) is 9.97. The Kier molecular flexibility index (Phi) is 8.03. The van der Waals surface area contributed by atoms with Crippen LogP contribution in [-0.4, -0.2) is 21.0 Å². The molecule has 0 unspecified atom stereocenters. The second-order valence-corrected chi connectivity index (χ2v) is 11.7. The van der Waals surface area contributed by atoms with Crippen molar-refractivity contribution in [3.8, 4) is 11.1 Å². The number of aromatic nitrogens is 1. The van der Waals surface area contributed by atoms with E-state index in [2.05, 4.69) is 15.6 Å². The maximum Gasteiger partial charge on any atom is 0.418 e. The fraction of sp³-hybridized carbons (Fsp3) is 0.0588. The van der Waals surface area contributed by atoms with Crippen molar-refractivity contribution in [2.24, 2.45) is 0 Å². The number of carbonyl (C=O) groups is 2. The lowest BCUT2D eigenvalue weighted by Crippen LogP contribution is -2.17. The number of rotatable bonds is 7. The molecule has 5 aromatic rings. The molecule has 1 aliphatic heterocycles. The van der Waals surface area contributed by atoms with E-state index in [9.17, 15) is 22.8 Å². The fourth-order valence-corrected chi connectivity index (χ4v) is 6.02. The van der Waals surface area contributed by atoms with Crippen LogP contribution in [0.4, 0.5) is 18.9 Å². The normalized spacial score (nSPS) is 14.2. The maximum absolute atomic E-state index is 13.9. The first kappa shape index (κ1) is 29.3. The second kappa shape index (κ2) is 12.1. The van der Waals surface area contributed by atoms with Gasteiger partial charge in [-0.2, -0.15) is 13.2 Å². The number of halogens is 3. The van der Waals surface area contributed by atoms with Gasteiger partial charge in [-0.05, 0) is 41.0 Å². The molecule has 0 radical (unpaired) electrons. The van der Waals surface area contributed by atoms with E-state index in [1.807, 2.05) is 36.4 Å². The Bertz CT molecular complexity index is 1960. The van der Waals surface area contributed by atoms with Gasteiger partial charge in [-0.15, -0.1) is 0 Å². The molecule has 10 heteroatoms. The van der Waals surface area contributed by atoms with Crippen LogP contribution >= 0.6 is 24.0 Å². The summed E-state index contributed by atoms with van der Waals surface area (Å²) >= 11 is 6.26. The van der Waals surface area contributed by atoms with Crippen LogP contribution in [0.15, 0.2) is 108 Å². The number of anilines is 1. The van der Waals surface area contributed by atoms with Gasteiger partial charge in [-0.3, -0.25) is 14.6 Å². The molecular formula is C34H22F3N3O2S2. The number of ketones is 1. The van der Waals surface area contributed by atoms with Gasteiger partial charge in [0.2, 0.25) is 0 Å². The molecule has 1 saturated heterocycles. The first-order valence-electron chi connectivity index (χ1n) is 13.4. The predicted molar refractivity (Wildman–Crippen MR) is 172 cm³/mol. The molecule has 1 fully saturated rings. The largest absolute Gasteiger partial charge is 0.418 e. The lowest BCUT2D eigenvalue weighted by molar-refractivity contribution is -0.136. The Hall–Kier alpha value is -4.80. The number of pyridine rings is 1. The Morgan fingerprint density at radius 3 is 2.41 bits per heavy atom. The van der Waals surface area contributed by atoms with Gasteiger partial charge in [0.25, 0.3) is 5.91 Å². The average molecular weight is 626 g/mol. The van der Waals surface area contributed by atoms with Gasteiger partial charge < -0.3 is 10.6 Å². The topological polar surface area (TPSA) is 71.1 Å². The zero-order valence-electron chi connectivity index (χ0n) is 22.8. The van der Waals surface area contributed by atoms with E-state index in [4.69, 9.17) is 12.2 Å². The van der Waals surface area contributed by atoms with Crippen LogP contribution in [0.2, 0.25) is 0 Å². The number of nitrogens with one attached hydrogen (secondary N) is 2. The molecule has 1 aliphatic rings. The van der Waals surface area contributed by atoms with E-state index in [1.54, 1.807) is 54.6 Å². The molecule has 1 amide bonds. The molecule has 5 nitrogen and oxygen atoms in total. The lowest BCUT2D eigenvalue weighted by atomic mass is 9.91. The minimum Gasteiger partial charge on any atom is -0.381 e. The van der Waals surface area contributed by atoms with E-state index >= 15 is 0 Å². The summed E-state index contributed by atoms with van der Waals surface area (Å²) in [5, 5.41) is 6.19. The number of amides is 1. The number of carbonyl (C=O) groups excluding carboxylic acids is 2. The average Bonchev–Trinajstić information content (AvgIpc) is 3.35. The van der Waals surface area contributed by atoms with E-state index in [1.165, 1.54) is 24.0 Å². The number of hydrogen-bond acceptors (Lipinski definition) is 6. The number of nitrogens with zero attached hydrogens (tertiary/aromatic N) is 1. The highest BCUT2D eigenvalue weighted by Gasteiger charge is 2.34. The summed E-state index contributed by atoms with van der Waals surface area (Å²) in [4.78, 5) is 30.2. The molecule has 2 N–H and O–H groups in total. The third kappa shape index (κ3) is 6.13.